The van der Waals surface area contributed by atoms with Crippen molar-refractivity contribution in [2.45, 2.75) is 0 Å². The van der Waals surface area contributed by atoms with Gasteiger partial charge in [-0.2, -0.15) is 8.42 Å². The largest absolute Gasteiger partial charge is 0.379 e. The highest BCUT2D eigenvalue weighted by Crippen LogP contribution is 1.96. The van der Waals surface area contributed by atoms with Crippen LogP contribution in [0.4, 0.5) is 0 Å². The van der Waals surface area contributed by atoms with Crippen LogP contribution in [0.5, 0.6) is 0 Å². The third kappa shape index (κ3) is 6.23. The minimum absolute atomic E-state index is 0. The van der Waals surface area contributed by atoms with E-state index in [-0.39, 0.29) is 18.2 Å². The van der Waals surface area contributed by atoms with E-state index in [1.165, 1.54) is 0 Å². The molecule has 0 aliphatic carbocycles. The van der Waals surface area contributed by atoms with E-state index in [4.69, 9.17) is 9.29 Å². The van der Waals surface area contributed by atoms with E-state index in [0.717, 1.165) is 13.1 Å². The highest BCUT2D eigenvalue weighted by molar-refractivity contribution is 7.85. The van der Waals surface area contributed by atoms with Gasteiger partial charge < -0.3 is 4.74 Å². The minimum atomic E-state index is -3.81. The number of hydrogen-bond acceptors (Lipinski definition) is 4. The number of rotatable bonds is 3. The van der Waals surface area contributed by atoms with E-state index in [2.05, 4.69) is 0 Å². The van der Waals surface area contributed by atoms with Crippen LogP contribution in [-0.2, 0) is 14.9 Å². The lowest BCUT2D eigenvalue weighted by Gasteiger charge is -2.25. The number of nitrogens with zero attached hydrogens (tertiary/aromatic N) is 1. The lowest BCUT2D eigenvalue weighted by Crippen LogP contribution is -2.38. The summed E-state index contributed by atoms with van der Waals surface area (Å²) in [4.78, 5) is 1.96. The van der Waals surface area contributed by atoms with Crippen LogP contribution in [-0.4, -0.2) is 56.5 Å². The number of ether oxygens (including phenoxy) is 1. The lowest BCUT2D eigenvalue weighted by molar-refractivity contribution is 0.0406. The second kappa shape index (κ2) is 5.77. The van der Waals surface area contributed by atoms with Gasteiger partial charge in [-0.15, -0.1) is 12.4 Å². The fourth-order valence-electron chi connectivity index (χ4n) is 1.07. The molecule has 0 spiro atoms. The van der Waals surface area contributed by atoms with Crippen LogP contribution >= 0.6 is 12.4 Å². The van der Waals surface area contributed by atoms with Crippen LogP contribution in [0.15, 0.2) is 0 Å². The van der Waals surface area contributed by atoms with Crippen LogP contribution in [0.1, 0.15) is 0 Å². The fourth-order valence-corrected chi connectivity index (χ4v) is 1.56. The molecule has 0 unspecified atom stereocenters. The summed E-state index contributed by atoms with van der Waals surface area (Å²) in [5.41, 5.74) is 0. The van der Waals surface area contributed by atoms with Crippen LogP contribution in [0.2, 0.25) is 0 Å². The Balaban J connectivity index is 0.00000144. The van der Waals surface area contributed by atoms with Gasteiger partial charge >= 0.3 is 0 Å². The summed E-state index contributed by atoms with van der Waals surface area (Å²) in [6, 6.07) is 0. The molecule has 13 heavy (non-hydrogen) atoms. The van der Waals surface area contributed by atoms with Crippen molar-refractivity contribution in [3.63, 3.8) is 0 Å². The summed E-state index contributed by atoms with van der Waals surface area (Å²) in [5, 5.41) is 0. The van der Waals surface area contributed by atoms with Crippen molar-refractivity contribution >= 4 is 22.5 Å². The summed E-state index contributed by atoms with van der Waals surface area (Å²) in [6.07, 6.45) is 0. The zero-order valence-electron chi connectivity index (χ0n) is 7.18. The van der Waals surface area contributed by atoms with E-state index < -0.39 is 10.1 Å². The van der Waals surface area contributed by atoms with Gasteiger partial charge in [-0.05, 0) is 0 Å². The molecule has 0 bridgehead atoms. The maximum Gasteiger partial charge on any atom is 0.266 e. The average Bonchev–Trinajstić information content (AvgIpc) is 2.02. The molecule has 1 saturated heterocycles. The Kier molecular flexibility index (Phi) is 5.82. The Labute approximate surface area is 84.2 Å². The summed E-state index contributed by atoms with van der Waals surface area (Å²) >= 11 is 0. The summed E-state index contributed by atoms with van der Waals surface area (Å²) in [6.45, 7) is 3.17. The van der Waals surface area contributed by atoms with Crippen LogP contribution < -0.4 is 0 Å². The van der Waals surface area contributed by atoms with E-state index in [0.29, 0.717) is 19.8 Å². The Morgan fingerprint density at radius 2 is 1.85 bits per heavy atom. The lowest BCUT2D eigenvalue weighted by atomic mass is 10.4. The average molecular weight is 232 g/mol. The monoisotopic (exact) mass is 231 g/mol. The van der Waals surface area contributed by atoms with E-state index in [9.17, 15) is 8.42 Å². The highest BCUT2D eigenvalue weighted by Gasteiger charge is 2.13. The molecule has 1 aliphatic rings. The normalized spacial score (nSPS) is 19.5. The predicted octanol–water partition coefficient (Wildman–Crippen LogP) is -0.372. The third-order valence-electron chi connectivity index (χ3n) is 1.77. The number of hydrogen-bond donors (Lipinski definition) is 1. The minimum Gasteiger partial charge on any atom is -0.379 e. The van der Waals surface area contributed by atoms with Crippen molar-refractivity contribution in [3.8, 4) is 0 Å². The molecule has 0 aromatic rings. The first kappa shape index (κ1) is 13.1. The van der Waals surface area contributed by atoms with Gasteiger partial charge in [0.25, 0.3) is 10.1 Å². The maximum absolute atomic E-state index is 10.4. The molecular weight excluding hydrogens is 218 g/mol. The first-order valence-electron chi connectivity index (χ1n) is 3.83. The van der Waals surface area contributed by atoms with Crippen molar-refractivity contribution in [3.05, 3.63) is 0 Å². The molecule has 0 radical (unpaired) electrons. The molecule has 0 aromatic carbocycles. The van der Waals surface area contributed by atoms with Crippen molar-refractivity contribution in [1.82, 2.24) is 4.90 Å². The first-order chi connectivity index (χ1) is 5.58. The van der Waals surface area contributed by atoms with E-state index >= 15 is 0 Å². The Bertz CT molecular complexity index is 225. The molecule has 0 saturated carbocycles. The Hall–Kier alpha value is 0.120. The Morgan fingerprint density at radius 1 is 1.31 bits per heavy atom. The molecule has 1 heterocycles. The molecule has 0 atom stereocenters. The van der Waals surface area contributed by atoms with Gasteiger partial charge in [0.1, 0.15) is 0 Å². The van der Waals surface area contributed by atoms with Gasteiger partial charge in [-0.25, -0.2) is 0 Å². The molecule has 1 N–H and O–H groups in total. The third-order valence-corrected chi connectivity index (χ3v) is 2.47. The maximum atomic E-state index is 10.4. The molecule has 80 valence electrons. The summed E-state index contributed by atoms with van der Waals surface area (Å²) in [5.74, 6) is -0.188. The van der Waals surface area contributed by atoms with Crippen molar-refractivity contribution in [2.24, 2.45) is 0 Å². The van der Waals surface area contributed by atoms with Gasteiger partial charge in [-0.1, -0.05) is 0 Å². The first-order valence-corrected chi connectivity index (χ1v) is 5.44. The van der Waals surface area contributed by atoms with Gasteiger partial charge in [0, 0.05) is 19.6 Å². The zero-order chi connectivity index (χ0) is 9.03. The second-order valence-corrected chi connectivity index (χ2v) is 4.31. The molecule has 1 fully saturated rings. The van der Waals surface area contributed by atoms with Crippen LogP contribution in [0, 0.1) is 0 Å². The molecule has 0 amide bonds. The number of morpholine rings is 1. The molecular formula is C6H14ClNO4S. The van der Waals surface area contributed by atoms with Gasteiger partial charge in [0.05, 0.1) is 19.0 Å². The van der Waals surface area contributed by atoms with Crippen molar-refractivity contribution < 1.29 is 17.7 Å². The Morgan fingerprint density at radius 3 is 2.31 bits per heavy atom. The fraction of sp³-hybridized carbons (Fsp3) is 1.00. The van der Waals surface area contributed by atoms with E-state index in [1.807, 2.05) is 4.90 Å². The topological polar surface area (TPSA) is 66.8 Å². The smallest absolute Gasteiger partial charge is 0.266 e. The van der Waals surface area contributed by atoms with Gasteiger partial charge in [-0.3, -0.25) is 9.45 Å². The van der Waals surface area contributed by atoms with Gasteiger partial charge in [0.2, 0.25) is 0 Å². The molecule has 5 nitrogen and oxygen atoms in total. The molecule has 0 aromatic heterocycles. The SMILES string of the molecule is Cl.O=S(=O)(O)CCN1CCOCC1. The van der Waals surface area contributed by atoms with Crippen molar-refractivity contribution in [1.29, 1.82) is 0 Å². The van der Waals surface area contributed by atoms with Crippen LogP contribution in [0.3, 0.4) is 0 Å². The highest BCUT2D eigenvalue weighted by atomic mass is 35.5. The number of halogens is 1. The molecule has 7 heteroatoms. The second-order valence-electron chi connectivity index (χ2n) is 2.74. The zero-order valence-corrected chi connectivity index (χ0v) is 8.81. The summed E-state index contributed by atoms with van der Waals surface area (Å²) in [7, 11) is -3.81. The standard InChI is InChI=1S/C6H13NO4S.ClH/c8-12(9,10)6-3-7-1-4-11-5-2-7;/h1-6H2,(H,8,9,10);1H. The van der Waals surface area contributed by atoms with Crippen molar-refractivity contribution in [2.75, 3.05) is 38.6 Å². The predicted molar refractivity (Wildman–Crippen MR) is 50.9 cm³/mol. The van der Waals surface area contributed by atoms with Crippen LogP contribution in [0.25, 0.3) is 0 Å². The molecule has 1 aliphatic heterocycles. The molecule has 1 rings (SSSR count). The quantitative estimate of drug-likeness (QED) is 0.672. The van der Waals surface area contributed by atoms with E-state index in [1.54, 1.807) is 0 Å². The van der Waals surface area contributed by atoms with Gasteiger partial charge in [0.15, 0.2) is 0 Å². The summed E-state index contributed by atoms with van der Waals surface area (Å²) < 4.78 is 34.3.